The Morgan fingerprint density at radius 2 is 2.23 bits per heavy atom. The van der Waals surface area contributed by atoms with Crippen LogP contribution in [0.25, 0.3) is 10.2 Å². The molecule has 0 bridgehead atoms. The lowest BCUT2D eigenvalue weighted by molar-refractivity contribution is 0.141. The molecule has 1 atom stereocenters. The molecule has 13 heavy (non-hydrogen) atoms. The van der Waals surface area contributed by atoms with Crippen LogP contribution in [-0.4, -0.2) is 16.8 Å². The van der Waals surface area contributed by atoms with Crippen LogP contribution in [0.15, 0.2) is 24.3 Å². The van der Waals surface area contributed by atoms with Gasteiger partial charge < -0.3 is 5.11 Å². The number of thiazole rings is 1. The molecule has 0 radical (unpaired) electrons. The number of aliphatic hydroxyl groups excluding tert-OH is 1. The van der Waals surface area contributed by atoms with E-state index in [1.54, 1.807) is 0 Å². The zero-order valence-corrected chi connectivity index (χ0v) is 7.59. The Balaban J connectivity index is 2.49. The van der Waals surface area contributed by atoms with E-state index < -0.39 is 12.8 Å². The number of benzene rings is 1. The summed E-state index contributed by atoms with van der Waals surface area (Å²) in [6.45, 7) is -0.778. The van der Waals surface area contributed by atoms with E-state index in [-0.39, 0.29) is 0 Å². The first-order chi connectivity index (χ1) is 6.31. The highest BCUT2D eigenvalue weighted by molar-refractivity contribution is 7.18. The van der Waals surface area contributed by atoms with Gasteiger partial charge in [0.05, 0.1) is 10.2 Å². The van der Waals surface area contributed by atoms with E-state index in [1.165, 1.54) is 11.3 Å². The maximum Gasteiger partial charge on any atom is 0.134 e. The standard InChI is InChI=1S/C9H8FNOS/c10-5-7(12)9-11-6-3-1-2-4-8(6)13-9/h1-4,7,12H,5H2. The van der Waals surface area contributed by atoms with Crippen LogP contribution in [0, 0.1) is 0 Å². The highest BCUT2D eigenvalue weighted by atomic mass is 32.1. The van der Waals surface area contributed by atoms with Gasteiger partial charge in [-0.3, -0.25) is 0 Å². The van der Waals surface area contributed by atoms with Crippen LogP contribution in [0.5, 0.6) is 0 Å². The molecule has 1 unspecified atom stereocenters. The first kappa shape index (κ1) is 8.59. The monoisotopic (exact) mass is 197 g/mol. The predicted molar refractivity (Wildman–Crippen MR) is 50.6 cm³/mol. The summed E-state index contributed by atoms with van der Waals surface area (Å²) < 4.78 is 13.1. The largest absolute Gasteiger partial charge is 0.383 e. The number of fused-ring (bicyclic) bond motifs is 1. The normalized spacial score (nSPS) is 13.4. The fourth-order valence-electron chi connectivity index (χ4n) is 1.10. The van der Waals surface area contributed by atoms with E-state index in [0.717, 1.165) is 10.2 Å². The summed E-state index contributed by atoms with van der Waals surface area (Å²) in [5, 5.41) is 9.65. The Morgan fingerprint density at radius 1 is 1.46 bits per heavy atom. The van der Waals surface area contributed by atoms with Crippen molar-refractivity contribution < 1.29 is 9.50 Å². The molecule has 1 heterocycles. The van der Waals surface area contributed by atoms with Crippen molar-refractivity contribution in [3.05, 3.63) is 29.3 Å². The number of para-hydroxylation sites is 1. The SMILES string of the molecule is OC(CF)c1nc2ccccc2s1. The second kappa shape index (κ2) is 3.40. The number of alkyl halides is 1. The number of hydrogen-bond acceptors (Lipinski definition) is 3. The molecular weight excluding hydrogens is 189 g/mol. The summed E-state index contributed by atoms with van der Waals surface area (Å²) in [6, 6.07) is 7.52. The Kier molecular flexibility index (Phi) is 2.24. The molecule has 1 N–H and O–H groups in total. The minimum atomic E-state index is -1.07. The minimum Gasteiger partial charge on any atom is -0.383 e. The van der Waals surface area contributed by atoms with Crippen LogP contribution < -0.4 is 0 Å². The quantitative estimate of drug-likeness (QED) is 0.801. The molecule has 2 aromatic rings. The zero-order valence-electron chi connectivity index (χ0n) is 6.77. The second-order valence-corrected chi connectivity index (χ2v) is 3.75. The van der Waals surface area contributed by atoms with Gasteiger partial charge in [-0.25, -0.2) is 9.37 Å². The van der Waals surface area contributed by atoms with Crippen molar-refractivity contribution in [2.75, 3.05) is 6.67 Å². The number of rotatable bonds is 2. The zero-order chi connectivity index (χ0) is 9.26. The molecule has 0 aliphatic rings. The molecule has 0 saturated carbocycles. The van der Waals surface area contributed by atoms with Gasteiger partial charge in [0.2, 0.25) is 0 Å². The van der Waals surface area contributed by atoms with Crippen molar-refractivity contribution >= 4 is 21.6 Å². The van der Waals surface area contributed by atoms with Gasteiger partial charge in [0.1, 0.15) is 17.8 Å². The van der Waals surface area contributed by atoms with E-state index in [0.29, 0.717) is 5.01 Å². The van der Waals surface area contributed by atoms with Crippen LogP contribution in [0.2, 0.25) is 0 Å². The molecule has 0 aliphatic carbocycles. The lowest BCUT2D eigenvalue weighted by atomic mass is 10.3. The number of nitrogens with zero attached hydrogens (tertiary/aromatic N) is 1. The maximum atomic E-state index is 12.1. The lowest BCUT2D eigenvalue weighted by Gasteiger charge is -1.97. The molecule has 1 aromatic heterocycles. The van der Waals surface area contributed by atoms with Crippen molar-refractivity contribution in [2.24, 2.45) is 0 Å². The smallest absolute Gasteiger partial charge is 0.134 e. The molecule has 4 heteroatoms. The van der Waals surface area contributed by atoms with Gasteiger partial charge >= 0.3 is 0 Å². The van der Waals surface area contributed by atoms with E-state index in [2.05, 4.69) is 4.98 Å². The van der Waals surface area contributed by atoms with Crippen LogP contribution in [0.3, 0.4) is 0 Å². The molecular formula is C9H8FNOS. The summed E-state index contributed by atoms with van der Waals surface area (Å²) in [5.41, 5.74) is 0.815. The fraction of sp³-hybridized carbons (Fsp3) is 0.222. The van der Waals surface area contributed by atoms with Crippen LogP contribution in [-0.2, 0) is 0 Å². The average molecular weight is 197 g/mol. The minimum absolute atomic E-state index is 0.448. The molecule has 0 saturated heterocycles. The third kappa shape index (κ3) is 1.55. The van der Waals surface area contributed by atoms with Crippen LogP contribution in [0.4, 0.5) is 4.39 Å². The first-order valence-electron chi connectivity index (χ1n) is 3.91. The molecule has 1 aromatic carbocycles. The van der Waals surface area contributed by atoms with Crippen molar-refractivity contribution in [3.63, 3.8) is 0 Å². The van der Waals surface area contributed by atoms with Crippen molar-refractivity contribution in [3.8, 4) is 0 Å². The topological polar surface area (TPSA) is 33.1 Å². The Bertz CT molecular complexity index is 382. The average Bonchev–Trinajstić information content (AvgIpc) is 2.59. The summed E-state index contributed by atoms with van der Waals surface area (Å²) >= 11 is 1.33. The Labute approximate surface area is 78.7 Å². The molecule has 0 spiro atoms. The molecule has 2 rings (SSSR count). The summed E-state index contributed by atoms with van der Waals surface area (Å²) in [5.74, 6) is 0. The second-order valence-electron chi connectivity index (χ2n) is 2.69. The molecule has 0 fully saturated rings. The number of aliphatic hydroxyl groups is 1. The van der Waals surface area contributed by atoms with E-state index in [9.17, 15) is 9.50 Å². The number of hydrogen-bond donors (Lipinski definition) is 1. The number of halogens is 1. The van der Waals surface area contributed by atoms with Gasteiger partial charge in [-0.05, 0) is 12.1 Å². The molecule has 0 amide bonds. The Morgan fingerprint density at radius 3 is 2.92 bits per heavy atom. The van der Waals surface area contributed by atoms with Crippen molar-refractivity contribution in [1.29, 1.82) is 0 Å². The van der Waals surface area contributed by atoms with Crippen LogP contribution in [0.1, 0.15) is 11.1 Å². The van der Waals surface area contributed by atoms with Gasteiger partial charge in [-0.15, -0.1) is 11.3 Å². The summed E-state index contributed by atoms with van der Waals surface area (Å²) in [6.07, 6.45) is -1.07. The molecule has 0 aliphatic heterocycles. The van der Waals surface area contributed by atoms with E-state index in [4.69, 9.17) is 0 Å². The van der Waals surface area contributed by atoms with Crippen LogP contribution >= 0.6 is 11.3 Å². The number of aromatic nitrogens is 1. The fourth-order valence-corrected chi connectivity index (χ4v) is 2.03. The summed E-state index contributed by atoms with van der Waals surface area (Å²) in [7, 11) is 0. The lowest BCUT2D eigenvalue weighted by Crippen LogP contribution is -1.97. The van der Waals surface area contributed by atoms with Gasteiger partial charge in [-0.2, -0.15) is 0 Å². The molecule has 2 nitrogen and oxygen atoms in total. The van der Waals surface area contributed by atoms with Gasteiger partial charge in [0, 0.05) is 0 Å². The van der Waals surface area contributed by atoms with Gasteiger partial charge in [0.25, 0.3) is 0 Å². The van der Waals surface area contributed by atoms with E-state index in [1.807, 2.05) is 24.3 Å². The van der Waals surface area contributed by atoms with Crippen molar-refractivity contribution in [1.82, 2.24) is 4.98 Å². The first-order valence-corrected chi connectivity index (χ1v) is 4.72. The van der Waals surface area contributed by atoms with Gasteiger partial charge in [0.15, 0.2) is 0 Å². The van der Waals surface area contributed by atoms with E-state index >= 15 is 0 Å². The maximum absolute atomic E-state index is 12.1. The summed E-state index contributed by atoms with van der Waals surface area (Å²) in [4.78, 5) is 4.11. The van der Waals surface area contributed by atoms with Crippen molar-refractivity contribution in [2.45, 2.75) is 6.10 Å². The third-order valence-electron chi connectivity index (χ3n) is 1.74. The third-order valence-corrected chi connectivity index (χ3v) is 2.88. The highest BCUT2D eigenvalue weighted by Crippen LogP contribution is 2.26. The predicted octanol–water partition coefficient (Wildman–Crippen LogP) is 2.30. The highest BCUT2D eigenvalue weighted by Gasteiger charge is 2.11. The van der Waals surface area contributed by atoms with Gasteiger partial charge in [-0.1, -0.05) is 12.1 Å². The Hall–Kier alpha value is -1.00. The molecule has 68 valence electrons.